The number of rotatable bonds is 4. The highest BCUT2D eigenvalue weighted by molar-refractivity contribution is 9.10. The third kappa shape index (κ3) is 4.26. The third-order valence-corrected chi connectivity index (χ3v) is 5.07. The first-order valence-corrected chi connectivity index (χ1v) is 9.26. The van der Waals surface area contributed by atoms with E-state index in [1.807, 2.05) is 30.3 Å². The van der Waals surface area contributed by atoms with Crippen molar-refractivity contribution in [2.45, 2.75) is 13.5 Å². The Bertz CT molecular complexity index is 831. The molecular formula is C18H14BrNO2S2. The van der Waals surface area contributed by atoms with Gasteiger partial charge in [-0.2, -0.15) is 0 Å². The van der Waals surface area contributed by atoms with Crippen LogP contribution in [-0.4, -0.2) is 10.2 Å². The van der Waals surface area contributed by atoms with Crippen molar-refractivity contribution in [2.75, 3.05) is 0 Å². The summed E-state index contributed by atoms with van der Waals surface area (Å²) in [7, 11) is 0. The van der Waals surface area contributed by atoms with E-state index < -0.39 is 0 Å². The summed E-state index contributed by atoms with van der Waals surface area (Å²) < 4.78 is 7.35. The summed E-state index contributed by atoms with van der Waals surface area (Å²) in [4.78, 5) is 12.4. The van der Waals surface area contributed by atoms with Crippen LogP contribution in [0.2, 0.25) is 0 Å². The summed E-state index contributed by atoms with van der Waals surface area (Å²) in [5.41, 5.74) is 3.14. The molecule has 0 atom stereocenters. The van der Waals surface area contributed by atoms with Gasteiger partial charge in [0, 0.05) is 10.0 Å². The van der Waals surface area contributed by atoms with E-state index in [1.54, 1.807) is 6.08 Å². The van der Waals surface area contributed by atoms with Crippen molar-refractivity contribution in [3.63, 3.8) is 0 Å². The number of hydrogen-bond acceptors (Lipinski definition) is 4. The fraction of sp³-hybridized carbons (Fsp3) is 0.111. The Balaban J connectivity index is 1.83. The molecule has 6 heteroatoms. The van der Waals surface area contributed by atoms with Crippen molar-refractivity contribution in [1.29, 1.82) is 0 Å². The molecule has 2 aromatic rings. The predicted octanol–water partition coefficient (Wildman–Crippen LogP) is 4.83. The Labute approximate surface area is 158 Å². The topological polar surface area (TPSA) is 38.3 Å². The maximum atomic E-state index is 11.9. The van der Waals surface area contributed by atoms with E-state index in [4.69, 9.17) is 17.0 Å². The maximum absolute atomic E-state index is 11.9. The Morgan fingerprint density at radius 2 is 2.00 bits per heavy atom. The molecule has 1 saturated heterocycles. The quantitative estimate of drug-likeness (QED) is 0.568. The fourth-order valence-electron chi connectivity index (χ4n) is 2.17. The van der Waals surface area contributed by atoms with Crippen molar-refractivity contribution in [3.8, 4) is 5.75 Å². The lowest BCUT2D eigenvalue weighted by Crippen LogP contribution is -2.17. The number of nitrogens with one attached hydrogen (secondary N) is 1. The van der Waals surface area contributed by atoms with Crippen LogP contribution < -0.4 is 10.1 Å². The molecule has 1 amide bonds. The number of amides is 1. The van der Waals surface area contributed by atoms with E-state index in [-0.39, 0.29) is 5.91 Å². The minimum Gasteiger partial charge on any atom is -0.488 e. The minimum absolute atomic E-state index is 0.172. The number of thiocarbonyl (C=S) groups is 1. The Hall–Kier alpha value is -1.63. The van der Waals surface area contributed by atoms with Crippen LogP contribution in [0.1, 0.15) is 16.7 Å². The summed E-state index contributed by atoms with van der Waals surface area (Å²) in [6.45, 7) is 2.52. The molecule has 3 nitrogen and oxygen atoms in total. The highest BCUT2D eigenvalue weighted by Crippen LogP contribution is 2.31. The lowest BCUT2D eigenvalue weighted by atomic mass is 10.1. The van der Waals surface area contributed by atoms with Crippen LogP contribution >= 0.6 is 39.9 Å². The molecule has 0 saturated carbocycles. The van der Waals surface area contributed by atoms with E-state index in [1.165, 1.54) is 17.3 Å². The van der Waals surface area contributed by atoms with Gasteiger partial charge in [-0.05, 0) is 36.8 Å². The Morgan fingerprint density at radius 3 is 2.67 bits per heavy atom. The zero-order valence-corrected chi connectivity index (χ0v) is 16.1. The van der Waals surface area contributed by atoms with Crippen LogP contribution in [0.15, 0.2) is 51.8 Å². The van der Waals surface area contributed by atoms with Crippen molar-refractivity contribution in [2.24, 2.45) is 0 Å². The van der Waals surface area contributed by atoms with Crippen LogP contribution in [0.3, 0.4) is 0 Å². The second-order valence-electron chi connectivity index (χ2n) is 5.31. The largest absolute Gasteiger partial charge is 0.488 e. The summed E-state index contributed by atoms with van der Waals surface area (Å²) in [6, 6.07) is 13.9. The predicted molar refractivity (Wildman–Crippen MR) is 106 cm³/mol. The number of carbonyl (C=O) groups excluding carboxylic acids is 1. The van der Waals surface area contributed by atoms with Crippen LogP contribution in [0.5, 0.6) is 5.75 Å². The van der Waals surface area contributed by atoms with Gasteiger partial charge in [0.1, 0.15) is 16.7 Å². The van der Waals surface area contributed by atoms with Gasteiger partial charge in [-0.3, -0.25) is 4.79 Å². The smallest absolute Gasteiger partial charge is 0.263 e. The molecular weight excluding hydrogens is 406 g/mol. The van der Waals surface area contributed by atoms with Crippen LogP contribution in [0.4, 0.5) is 0 Å². The number of carbonyl (C=O) groups is 1. The van der Waals surface area contributed by atoms with Crippen molar-refractivity contribution in [1.82, 2.24) is 5.32 Å². The normalized spacial score (nSPS) is 15.7. The van der Waals surface area contributed by atoms with E-state index in [9.17, 15) is 4.79 Å². The number of ether oxygens (including phenoxy) is 1. The number of hydrogen-bond donors (Lipinski definition) is 1. The first kappa shape index (κ1) is 17.2. The average molecular weight is 420 g/mol. The molecule has 24 heavy (non-hydrogen) atoms. The number of halogens is 1. The van der Waals surface area contributed by atoms with E-state index in [0.29, 0.717) is 15.8 Å². The number of benzene rings is 2. The molecule has 0 spiro atoms. The minimum atomic E-state index is -0.172. The molecule has 1 heterocycles. The summed E-state index contributed by atoms with van der Waals surface area (Å²) in [5.74, 6) is 0.548. The second kappa shape index (κ2) is 7.51. The molecule has 1 N–H and O–H groups in total. The highest BCUT2D eigenvalue weighted by atomic mass is 79.9. The van der Waals surface area contributed by atoms with E-state index in [2.05, 4.69) is 40.3 Å². The standard InChI is InChI=1S/C18H14BrNO2S2/c1-11-2-4-12(5-3-11)10-22-15-7-6-14(19)8-13(15)9-16-17(21)20-18(23)24-16/h2-9H,10H2,1H3,(H,20,21,23)/b16-9-. The van der Waals surface area contributed by atoms with Gasteiger partial charge in [0.25, 0.3) is 5.91 Å². The molecule has 2 aromatic carbocycles. The molecule has 1 aliphatic rings. The van der Waals surface area contributed by atoms with E-state index in [0.717, 1.165) is 21.3 Å². The molecule has 122 valence electrons. The average Bonchev–Trinajstić information content (AvgIpc) is 2.86. The number of thioether (sulfide) groups is 1. The van der Waals surface area contributed by atoms with Gasteiger partial charge >= 0.3 is 0 Å². The van der Waals surface area contributed by atoms with Crippen molar-refractivity contribution < 1.29 is 9.53 Å². The zero-order valence-electron chi connectivity index (χ0n) is 12.8. The van der Waals surface area contributed by atoms with Gasteiger partial charge in [-0.15, -0.1) is 0 Å². The van der Waals surface area contributed by atoms with Crippen LogP contribution in [0.25, 0.3) is 6.08 Å². The molecule has 1 aliphatic heterocycles. The second-order valence-corrected chi connectivity index (χ2v) is 7.94. The summed E-state index contributed by atoms with van der Waals surface area (Å²) >= 11 is 9.74. The van der Waals surface area contributed by atoms with Crippen LogP contribution in [-0.2, 0) is 11.4 Å². The highest BCUT2D eigenvalue weighted by Gasteiger charge is 2.22. The van der Waals surface area contributed by atoms with Gasteiger partial charge < -0.3 is 10.1 Å². The third-order valence-electron chi connectivity index (χ3n) is 3.42. The van der Waals surface area contributed by atoms with Gasteiger partial charge in [-0.25, -0.2) is 0 Å². The van der Waals surface area contributed by atoms with Crippen molar-refractivity contribution >= 4 is 56.2 Å². The first-order chi connectivity index (χ1) is 11.5. The molecule has 0 bridgehead atoms. The lowest BCUT2D eigenvalue weighted by Gasteiger charge is -2.10. The van der Waals surface area contributed by atoms with E-state index >= 15 is 0 Å². The SMILES string of the molecule is Cc1ccc(COc2ccc(Br)cc2/C=C2\SC(=S)NC2=O)cc1. The molecule has 1 fully saturated rings. The monoisotopic (exact) mass is 419 g/mol. The molecule has 0 unspecified atom stereocenters. The fourth-order valence-corrected chi connectivity index (χ4v) is 3.59. The number of aryl methyl sites for hydroxylation is 1. The molecule has 0 aliphatic carbocycles. The van der Waals surface area contributed by atoms with Gasteiger partial charge in [0.2, 0.25) is 0 Å². The van der Waals surface area contributed by atoms with Crippen LogP contribution in [0, 0.1) is 6.92 Å². The van der Waals surface area contributed by atoms with Gasteiger partial charge in [-0.1, -0.05) is 69.7 Å². The Kier molecular flexibility index (Phi) is 5.38. The first-order valence-electron chi connectivity index (χ1n) is 7.24. The summed E-state index contributed by atoms with van der Waals surface area (Å²) in [6.07, 6.45) is 1.80. The Morgan fingerprint density at radius 1 is 1.25 bits per heavy atom. The molecule has 0 radical (unpaired) electrons. The molecule has 0 aromatic heterocycles. The van der Waals surface area contributed by atoms with Gasteiger partial charge in [0.05, 0.1) is 4.91 Å². The molecule has 3 rings (SSSR count). The van der Waals surface area contributed by atoms with Gasteiger partial charge in [0.15, 0.2) is 0 Å². The maximum Gasteiger partial charge on any atom is 0.263 e. The summed E-state index contributed by atoms with van der Waals surface area (Å²) in [5, 5.41) is 2.62. The zero-order chi connectivity index (χ0) is 17.1. The van der Waals surface area contributed by atoms with Crippen molar-refractivity contribution in [3.05, 3.63) is 68.5 Å². The lowest BCUT2D eigenvalue weighted by molar-refractivity contribution is -0.115.